The molecular formula is C22H23F2N5O2. The van der Waals surface area contributed by atoms with Gasteiger partial charge in [-0.25, -0.2) is 23.7 Å². The fourth-order valence-corrected chi connectivity index (χ4v) is 5.76. The molecular weight excluding hydrogens is 404 g/mol. The first-order valence-corrected chi connectivity index (χ1v) is 10.7. The number of hydrogen-bond donors (Lipinski definition) is 2. The molecule has 2 saturated carbocycles. The maximum atomic E-state index is 14.8. The summed E-state index contributed by atoms with van der Waals surface area (Å²) in [5, 5.41) is 17.1. The molecule has 0 bridgehead atoms. The smallest absolute Gasteiger partial charge is 0.306 e. The Morgan fingerprint density at radius 1 is 1.16 bits per heavy atom. The first kappa shape index (κ1) is 20.0. The number of carboxylic acids is 1. The highest BCUT2D eigenvalue weighted by atomic mass is 19.1. The van der Waals surface area contributed by atoms with Crippen LogP contribution in [0, 0.1) is 28.9 Å². The molecule has 3 heterocycles. The van der Waals surface area contributed by atoms with Crippen LogP contribution in [-0.4, -0.2) is 36.2 Å². The van der Waals surface area contributed by atoms with Crippen LogP contribution in [0.2, 0.25) is 0 Å². The van der Waals surface area contributed by atoms with Crippen molar-refractivity contribution >= 4 is 17.0 Å². The zero-order valence-electron chi connectivity index (χ0n) is 16.9. The number of nitrogens with one attached hydrogen (secondary N) is 1. The highest BCUT2D eigenvalue weighted by molar-refractivity contribution is 5.88. The molecule has 7 nitrogen and oxygen atoms in total. The van der Waals surface area contributed by atoms with Gasteiger partial charge in [0.1, 0.15) is 11.5 Å². The molecule has 3 aromatic heterocycles. The lowest BCUT2D eigenvalue weighted by molar-refractivity contribution is -0.148. The molecule has 9 heteroatoms. The van der Waals surface area contributed by atoms with Crippen molar-refractivity contribution in [1.82, 2.24) is 25.1 Å². The van der Waals surface area contributed by atoms with E-state index in [0.29, 0.717) is 23.1 Å². The summed E-state index contributed by atoms with van der Waals surface area (Å²) in [6, 6.07) is 1.28. The van der Waals surface area contributed by atoms with Crippen molar-refractivity contribution < 1.29 is 18.7 Å². The Bertz CT molecular complexity index is 1140. The summed E-state index contributed by atoms with van der Waals surface area (Å²) in [5.74, 6) is -2.37. The predicted octanol–water partition coefficient (Wildman–Crippen LogP) is 4.30. The van der Waals surface area contributed by atoms with E-state index in [4.69, 9.17) is 0 Å². The number of aliphatic carboxylic acids is 1. The van der Waals surface area contributed by atoms with Crippen LogP contribution >= 0.6 is 0 Å². The third-order valence-corrected chi connectivity index (χ3v) is 7.21. The zero-order chi connectivity index (χ0) is 21.6. The monoisotopic (exact) mass is 427 g/mol. The standard InChI is InChI=1S/C22H23F2N5O2/c23-12-8-14-18(28-29-19(14)25-10-12)20-26-11-16(24)17(27-20)9-15-13(21(30)31)4-3-7-22(15)5-1-2-6-22/h8,10-11,13,15H,1-7,9H2,(H,30,31)(H,25,28,29)/t13-,15+/m1/s1. The van der Waals surface area contributed by atoms with Crippen LogP contribution in [0.5, 0.6) is 0 Å². The number of halogens is 2. The van der Waals surface area contributed by atoms with Crippen molar-refractivity contribution in [2.45, 2.75) is 51.4 Å². The summed E-state index contributed by atoms with van der Waals surface area (Å²) < 4.78 is 28.5. The fourth-order valence-electron chi connectivity index (χ4n) is 5.76. The number of aromatic amines is 1. The molecule has 2 aliphatic carbocycles. The minimum absolute atomic E-state index is 0.0629. The molecule has 2 N–H and O–H groups in total. The van der Waals surface area contributed by atoms with E-state index in [1.807, 2.05) is 0 Å². The molecule has 0 amide bonds. The van der Waals surface area contributed by atoms with Crippen LogP contribution in [0.1, 0.15) is 50.6 Å². The van der Waals surface area contributed by atoms with Gasteiger partial charge in [-0.2, -0.15) is 5.10 Å². The van der Waals surface area contributed by atoms with E-state index in [1.54, 1.807) is 0 Å². The van der Waals surface area contributed by atoms with E-state index >= 15 is 0 Å². The number of carbonyl (C=O) groups is 1. The fraction of sp³-hybridized carbons (Fsp3) is 0.500. The van der Waals surface area contributed by atoms with Gasteiger partial charge in [0, 0.05) is 0 Å². The maximum Gasteiger partial charge on any atom is 0.306 e. The predicted molar refractivity (Wildman–Crippen MR) is 108 cm³/mol. The summed E-state index contributed by atoms with van der Waals surface area (Å²) in [4.78, 5) is 24.5. The first-order chi connectivity index (χ1) is 15.0. The molecule has 0 aliphatic heterocycles. The Morgan fingerprint density at radius 2 is 1.94 bits per heavy atom. The quantitative estimate of drug-likeness (QED) is 0.643. The number of H-pyrrole nitrogens is 1. The average molecular weight is 427 g/mol. The number of pyridine rings is 1. The molecule has 2 aliphatic rings. The Labute approximate surface area is 177 Å². The molecule has 3 aromatic rings. The van der Waals surface area contributed by atoms with E-state index in [9.17, 15) is 18.7 Å². The van der Waals surface area contributed by atoms with E-state index < -0.39 is 23.5 Å². The number of hydrogen-bond acceptors (Lipinski definition) is 5. The molecule has 2 fully saturated rings. The number of carboxylic acid groups (broad SMARTS) is 1. The summed E-state index contributed by atoms with van der Waals surface area (Å²) in [7, 11) is 0. The largest absolute Gasteiger partial charge is 0.481 e. The third kappa shape index (κ3) is 3.45. The van der Waals surface area contributed by atoms with Gasteiger partial charge in [0.15, 0.2) is 17.3 Å². The highest BCUT2D eigenvalue weighted by Crippen LogP contribution is 2.55. The second-order valence-electron chi connectivity index (χ2n) is 8.83. The Kier molecular flexibility index (Phi) is 4.91. The van der Waals surface area contributed by atoms with Gasteiger partial charge in [0.05, 0.1) is 29.4 Å². The maximum absolute atomic E-state index is 14.8. The normalized spacial score (nSPS) is 22.9. The van der Waals surface area contributed by atoms with Crippen LogP contribution in [0.4, 0.5) is 8.78 Å². The average Bonchev–Trinajstić information content (AvgIpc) is 3.38. The third-order valence-electron chi connectivity index (χ3n) is 7.21. The molecule has 0 aromatic carbocycles. The van der Waals surface area contributed by atoms with Gasteiger partial charge < -0.3 is 5.11 Å². The zero-order valence-corrected chi connectivity index (χ0v) is 16.9. The first-order valence-electron chi connectivity index (χ1n) is 10.7. The van der Waals surface area contributed by atoms with E-state index in [0.717, 1.165) is 50.9 Å². The SMILES string of the molecule is O=C(O)[C@@H]1CCCC2(CCCC2)[C@H]1Cc1nc(-c2[nH]nc3ncc(F)cc23)ncc1F. The topological polar surface area (TPSA) is 105 Å². The molecule has 162 valence electrons. The van der Waals surface area contributed by atoms with Crippen LogP contribution < -0.4 is 0 Å². The number of nitrogens with zero attached hydrogens (tertiary/aromatic N) is 4. The van der Waals surface area contributed by atoms with Crippen LogP contribution in [0.3, 0.4) is 0 Å². The van der Waals surface area contributed by atoms with Crippen molar-refractivity contribution in [1.29, 1.82) is 0 Å². The minimum Gasteiger partial charge on any atom is -0.481 e. The summed E-state index contributed by atoms with van der Waals surface area (Å²) in [5.41, 5.74) is 0.805. The molecule has 2 atom stereocenters. The Hall–Kier alpha value is -2.97. The van der Waals surface area contributed by atoms with Crippen molar-refractivity contribution in [2.75, 3.05) is 0 Å². The van der Waals surface area contributed by atoms with Crippen molar-refractivity contribution in [3.8, 4) is 11.5 Å². The van der Waals surface area contributed by atoms with Gasteiger partial charge >= 0.3 is 5.97 Å². The summed E-state index contributed by atoms with van der Waals surface area (Å²) in [6.45, 7) is 0. The number of fused-ring (bicyclic) bond motifs is 1. The van der Waals surface area contributed by atoms with Gasteiger partial charge in [-0.05, 0) is 49.5 Å². The van der Waals surface area contributed by atoms with Crippen molar-refractivity contribution in [2.24, 2.45) is 17.3 Å². The van der Waals surface area contributed by atoms with Crippen LogP contribution in [-0.2, 0) is 11.2 Å². The molecule has 0 unspecified atom stereocenters. The molecule has 0 saturated heterocycles. The second kappa shape index (κ2) is 7.62. The molecule has 0 radical (unpaired) electrons. The summed E-state index contributed by atoms with van der Waals surface area (Å²) in [6.07, 6.45) is 9.03. The lowest BCUT2D eigenvalue weighted by Gasteiger charge is -2.45. The number of aromatic nitrogens is 5. The van der Waals surface area contributed by atoms with Gasteiger partial charge in [0.25, 0.3) is 0 Å². The van der Waals surface area contributed by atoms with Crippen LogP contribution in [0.25, 0.3) is 22.6 Å². The van der Waals surface area contributed by atoms with E-state index in [-0.39, 0.29) is 29.3 Å². The van der Waals surface area contributed by atoms with E-state index in [1.165, 1.54) is 6.07 Å². The van der Waals surface area contributed by atoms with Crippen molar-refractivity contribution in [3.05, 3.63) is 35.8 Å². The second-order valence-corrected chi connectivity index (χ2v) is 8.83. The molecule has 5 rings (SSSR count). The lowest BCUT2D eigenvalue weighted by atomic mass is 9.59. The summed E-state index contributed by atoms with van der Waals surface area (Å²) >= 11 is 0. The molecule has 1 spiro atoms. The van der Waals surface area contributed by atoms with Gasteiger partial charge in [-0.15, -0.1) is 0 Å². The molecule has 31 heavy (non-hydrogen) atoms. The number of rotatable bonds is 4. The van der Waals surface area contributed by atoms with E-state index in [2.05, 4.69) is 25.1 Å². The highest BCUT2D eigenvalue weighted by Gasteiger charge is 2.49. The minimum atomic E-state index is -0.813. The Balaban J connectivity index is 1.54. The van der Waals surface area contributed by atoms with Crippen LogP contribution in [0.15, 0.2) is 18.5 Å². The van der Waals surface area contributed by atoms with Gasteiger partial charge in [-0.3, -0.25) is 9.89 Å². The van der Waals surface area contributed by atoms with Gasteiger partial charge in [0.2, 0.25) is 0 Å². The van der Waals surface area contributed by atoms with Gasteiger partial charge in [-0.1, -0.05) is 19.3 Å². The lowest BCUT2D eigenvalue weighted by Crippen LogP contribution is -2.42. The van der Waals surface area contributed by atoms with Crippen molar-refractivity contribution in [3.63, 3.8) is 0 Å². The Morgan fingerprint density at radius 3 is 2.71 bits per heavy atom.